The number of rotatable bonds is 8. The molecule has 0 fully saturated rings. The lowest BCUT2D eigenvalue weighted by molar-refractivity contribution is 0.0600. The minimum Gasteiger partial charge on any atom is -0.493 e. The smallest absolute Gasteiger partial charge is 0.337 e. The first kappa shape index (κ1) is 22.0. The van der Waals surface area contributed by atoms with E-state index in [-0.39, 0.29) is 0 Å². The van der Waals surface area contributed by atoms with E-state index in [4.69, 9.17) is 24.2 Å². The molecular formula is C22H27N3O4S. The molecule has 2 aromatic heterocycles. The molecule has 0 unspecified atom stereocenters. The number of hydrogen-bond acceptors (Lipinski definition) is 8. The molecule has 3 aromatic rings. The van der Waals surface area contributed by atoms with E-state index in [2.05, 4.69) is 25.7 Å². The maximum atomic E-state index is 11.8. The van der Waals surface area contributed by atoms with Crippen molar-refractivity contribution in [1.82, 2.24) is 14.9 Å². The maximum Gasteiger partial charge on any atom is 0.337 e. The van der Waals surface area contributed by atoms with E-state index in [9.17, 15) is 4.79 Å². The zero-order valence-corrected chi connectivity index (χ0v) is 19.1. The first-order valence-corrected chi connectivity index (χ1v) is 10.7. The summed E-state index contributed by atoms with van der Waals surface area (Å²) in [7, 11) is 2.88. The van der Waals surface area contributed by atoms with E-state index in [0.717, 1.165) is 28.9 Å². The van der Waals surface area contributed by atoms with Crippen LogP contribution in [-0.4, -0.2) is 48.1 Å². The van der Waals surface area contributed by atoms with Crippen LogP contribution in [0.5, 0.6) is 17.4 Å². The van der Waals surface area contributed by atoms with Gasteiger partial charge in [0.05, 0.1) is 31.7 Å². The molecule has 0 atom stereocenters. The van der Waals surface area contributed by atoms with Gasteiger partial charge in [0.1, 0.15) is 10.7 Å². The molecule has 0 bridgehead atoms. The molecule has 0 saturated carbocycles. The van der Waals surface area contributed by atoms with Gasteiger partial charge in [-0.15, -0.1) is 11.3 Å². The summed E-state index contributed by atoms with van der Waals surface area (Å²) >= 11 is 1.64. The summed E-state index contributed by atoms with van der Waals surface area (Å²) in [6, 6.07) is 4.93. The quantitative estimate of drug-likeness (QED) is 0.479. The van der Waals surface area contributed by atoms with Crippen molar-refractivity contribution >= 4 is 27.5 Å². The number of ether oxygens (including phenoxy) is 3. The standard InChI is InChI=1S/C22H27N3O4S/c1-7-25(8-2)12-18-23-20(19-13(3)14(4)30-21(19)24-18)29-16-10-9-15(22(26)28-6)11-17(16)27-5/h9-11H,7-8,12H2,1-6H3. The number of carbonyl (C=O) groups excluding carboxylic acids is 1. The molecule has 1 aromatic carbocycles. The molecule has 160 valence electrons. The fourth-order valence-corrected chi connectivity index (χ4v) is 4.19. The third-order valence-corrected chi connectivity index (χ3v) is 6.19. The van der Waals surface area contributed by atoms with Crippen LogP contribution in [0, 0.1) is 13.8 Å². The van der Waals surface area contributed by atoms with Crippen LogP contribution in [0.2, 0.25) is 0 Å². The van der Waals surface area contributed by atoms with Gasteiger partial charge in [-0.3, -0.25) is 4.90 Å². The number of methoxy groups -OCH3 is 2. The van der Waals surface area contributed by atoms with Crippen molar-refractivity contribution < 1.29 is 19.0 Å². The summed E-state index contributed by atoms with van der Waals surface area (Å²) in [5.41, 5.74) is 1.49. The van der Waals surface area contributed by atoms with Gasteiger partial charge in [0.2, 0.25) is 5.88 Å². The van der Waals surface area contributed by atoms with Crippen molar-refractivity contribution in [3.05, 3.63) is 40.0 Å². The van der Waals surface area contributed by atoms with Gasteiger partial charge >= 0.3 is 5.97 Å². The molecule has 7 nitrogen and oxygen atoms in total. The van der Waals surface area contributed by atoms with E-state index in [1.54, 1.807) is 29.5 Å². The van der Waals surface area contributed by atoms with Gasteiger partial charge < -0.3 is 14.2 Å². The fraction of sp³-hybridized carbons (Fsp3) is 0.409. The minimum atomic E-state index is -0.435. The molecule has 3 rings (SSSR count). The molecular weight excluding hydrogens is 402 g/mol. The predicted molar refractivity (Wildman–Crippen MR) is 118 cm³/mol. The van der Waals surface area contributed by atoms with Crippen LogP contribution in [0.4, 0.5) is 0 Å². The lowest BCUT2D eigenvalue weighted by atomic mass is 10.2. The van der Waals surface area contributed by atoms with E-state index >= 15 is 0 Å². The Balaban J connectivity index is 2.07. The number of esters is 1. The molecule has 0 aliphatic rings. The van der Waals surface area contributed by atoms with Gasteiger partial charge in [0.25, 0.3) is 0 Å². The van der Waals surface area contributed by atoms with Crippen molar-refractivity contribution in [2.45, 2.75) is 34.2 Å². The highest BCUT2D eigenvalue weighted by Gasteiger charge is 2.19. The summed E-state index contributed by atoms with van der Waals surface area (Å²) in [6.07, 6.45) is 0. The van der Waals surface area contributed by atoms with E-state index in [1.165, 1.54) is 19.1 Å². The average molecular weight is 430 g/mol. The van der Waals surface area contributed by atoms with Crippen LogP contribution in [0.15, 0.2) is 18.2 Å². The van der Waals surface area contributed by atoms with Crippen LogP contribution in [0.25, 0.3) is 10.2 Å². The highest BCUT2D eigenvalue weighted by molar-refractivity contribution is 7.18. The molecule has 0 saturated heterocycles. The van der Waals surface area contributed by atoms with Crippen molar-refractivity contribution in [3.8, 4) is 17.4 Å². The van der Waals surface area contributed by atoms with Gasteiger partial charge in [-0.05, 0) is 50.7 Å². The zero-order chi connectivity index (χ0) is 21.8. The second-order valence-electron chi connectivity index (χ2n) is 6.83. The molecule has 0 aliphatic carbocycles. The van der Waals surface area contributed by atoms with Gasteiger partial charge in [-0.25, -0.2) is 9.78 Å². The maximum absolute atomic E-state index is 11.8. The number of aromatic nitrogens is 2. The highest BCUT2D eigenvalue weighted by atomic mass is 32.1. The Bertz CT molecular complexity index is 1060. The first-order valence-electron chi connectivity index (χ1n) is 9.84. The lowest BCUT2D eigenvalue weighted by Gasteiger charge is -2.17. The number of nitrogens with zero attached hydrogens (tertiary/aromatic N) is 3. The summed E-state index contributed by atoms with van der Waals surface area (Å²) < 4.78 is 16.5. The number of hydrogen-bond donors (Lipinski definition) is 0. The van der Waals surface area contributed by atoms with Crippen LogP contribution in [0.1, 0.15) is 40.5 Å². The van der Waals surface area contributed by atoms with Crippen LogP contribution < -0.4 is 9.47 Å². The number of benzene rings is 1. The summed E-state index contributed by atoms with van der Waals surface area (Å²) in [6.45, 7) is 10.8. The average Bonchev–Trinajstić information content (AvgIpc) is 3.05. The van der Waals surface area contributed by atoms with Crippen molar-refractivity contribution in [2.24, 2.45) is 0 Å². The molecule has 2 heterocycles. The second kappa shape index (κ2) is 9.40. The Hall–Kier alpha value is -2.71. The number of carbonyl (C=O) groups is 1. The largest absolute Gasteiger partial charge is 0.493 e. The topological polar surface area (TPSA) is 73.8 Å². The molecule has 0 N–H and O–H groups in total. The SMILES string of the molecule is CCN(CC)Cc1nc(Oc2ccc(C(=O)OC)cc2OC)c2c(C)c(C)sc2n1. The Kier molecular flexibility index (Phi) is 6.89. The lowest BCUT2D eigenvalue weighted by Crippen LogP contribution is -2.23. The molecule has 0 spiro atoms. The minimum absolute atomic E-state index is 0.388. The molecule has 0 amide bonds. The van der Waals surface area contributed by atoms with Gasteiger partial charge in [-0.2, -0.15) is 4.98 Å². The molecule has 8 heteroatoms. The molecule has 30 heavy (non-hydrogen) atoms. The van der Waals surface area contributed by atoms with Crippen LogP contribution >= 0.6 is 11.3 Å². The zero-order valence-electron chi connectivity index (χ0n) is 18.2. The highest BCUT2D eigenvalue weighted by Crippen LogP contribution is 2.39. The number of aryl methyl sites for hydroxylation is 2. The van der Waals surface area contributed by atoms with E-state index in [1.807, 2.05) is 6.92 Å². The second-order valence-corrected chi connectivity index (χ2v) is 8.03. The van der Waals surface area contributed by atoms with Crippen LogP contribution in [0.3, 0.4) is 0 Å². The normalized spacial score (nSPS) is 11.2. The Morgan fingerprint density at radius 1 is 1.10 bits per heavy atom. The third-order valence-electron chi connectivity index (χ3n) is 5.09. The van der Waals surface area contributed by atoms with Gasteiger partial charge in [0.15, 0.2) is 11.5 Å². The number of thiophene rings is 1. The predicted octanol–water partition coefficient (Wildman–Crippen LogP) is 4.74. The monoisotopic (exact) mass is 429 g/mol. The van der Waals surface area contributed by atoms with Crippen molar-refractivity contribution in [2.75, 3.05) is 27.3 Å². The third kappa shape index (κ3) is 4.39. The van der Waals surface area contributed by atoms with E-state index in [0.29, 0.717) is 35.3 Å². The summed E-state index contributed by atoms with van der Waals surface area (Å²) in [5, 5.41) is 0.903. The summed E-state index contributed by atoms with van der Waals surface area (Å²) in [5.74, 6) is 1.68. The van der Waals surface area contributed by atoms with Crippen molar-refractivity contribution in [1.29, 1.82) is 0 Å². The van der Waals surface area contributed by atoms with Crippen LogP contribution in [-0.2, 0) is 11.3 Å². The van der Waals surface area contributed by atoms with E-state index < -0.39 is 5.97 Å². The van der Waals surface area contributed by atoms with Gasteiger partial charge in [-0.1, -0.05) is 13.8 Å². The Morgan fingerprint density at radius 2 is 1.83 bits per heavy atom. The Morgan fingerprint density at radius 3 is 2.47 bits per heavy atom. The fourth-order valence-electron chi connectivity index (χ4n) is 3.15. The molecule has 0 radical (unpaired) electrons. The first-order chi connectivity index (χ1) is 14.4. The summed E-state index contributed by atoms with van der Waals surface area (Å²) in [4.78, 5) is 25.7. The Labute approximate surface area is 180 Å². The van der Waals surface area contributed by atoms with Crippen molar-refractivity contribution in [3.63, 3.8) is 0 Å². The molecule has 0 aliphatic heterocycles. The number of fused-ring (bicyclic) bond motifs is 1. The van der Waals surface area contributed by atoms with Gasteiger partial charge in [0, 0.05) is 4.88 Å².